The molecule has 0 saturated carbocycles. The van der Waals surface area contributed by atoms with E-state index in [1.807, 2.05) is 20.8 Å². The molecule has 0 aromatic rings. The first kappa shape index (κ1) is 10.7. The molecular formula is C8H13BrO2. The van der Waals surface area contributed by atoms with Gasteiger partial charge in [-0.25, -0.2) is 4.79 Å². The molecule has 0 radical (unpaired) electrons. The molecule has 64 valence electrons. The summed E-state index contributed by atoms with van der Waals surface area (Å²) in [5, 5.41) is 0.709. The van der Waals surface area contributed by atoms with E-state index in [4.69, 9.17) is 4.74 Å². The fourth-order valence-electron chi connectivity index (χ4n) is 0.506. The van der Waals surface area contributed by atoms with Crippen molar-refractivity contribution in [1.29, 1.82) is 0 Å². The number of hydrogen-bond donors (Lipinski definition) is 0. The topological polar surface area (TPSA) is 26.3 Å². The van der Waals surface area contributed by atoms with Crippen LogP contribution in [0.2, 0.25) is 0 Å². The van der Waals surface area contributed by atoms with Crippen LogP contribution in [0.5, 0.6) is 0 Å². The zero-order valence-electron chi connectivity index (χ0n) is 7.06. The van der Waals surface area contributed by atoms with Crippen LogP contribution in [0.4, 0.5) is 0 Å². The van der Waals surface area contributed by atoms with Crippen LogP contribution in [0.1, 0.15) is 20.8 Å². The fraction of sp³-hybridized carbons (Fsp3) is 0.625. The summed E-state index contributed by atoms with van der Waals surface area (Å²) >= 11 is 3.23. The van der Waals surface area contributed by atoms with Gasteiger partial charge in [0.15, 0.2) is 0 Å². The molecule has 0 aromatic carbocycles. The summed E-state index contributed by atoms with van der Waals surface area (Å²) in [6, 6.07) is 0. The van der Waals surface area contributed by atoms with Crippen molar-refractivity contribution >= 4 is 21.9 Å². The Bertz CT molecular complexity index is 161. The SMILES string of the molecule is C/C(=C\C(=O)OC(C)C)CBr. The Labute approximate surface area is 75.7 Å². The molecule has 0 atom stereocenters. The van der Waals surface area contributed by atoms with Crippen LogP contribution in [-0.2, 0) is 9.53 Å². The predicted molar refractivity (Wildman–Crippen MR) is 48.8 cm³/mol. The lowest BCUT2D eigenvalue weighted by atomic mass is 10.3. The zero-order valence-corrected chi connectivity index (χ0v) is 8.64. The number of alkyl halides is 1. The molecule has 0 saturated heterocycles. The Morgan fingerprint density at radius 2 is 2.18 bits per heavy atom. The second-order valence-corrected chi connectivity index (χ2v) is 3.17. The van der Waals surface area contributed by atoms with Crippen LogP contribution < -0.4 is 0 Å². The molecule has 11 heavy (non-hydrogen) atoms. The first-order valence-corrected chi connectivity index (χ1v) is 4.62. The number of carbonyl (C=O) groups is 1. The molecule has 3 heteroatoms. The van der Waals surface area contributed by atoms with Crippen molar-refractivity contribution in [1.82, 2.24) is 0 Å². The zero-order chi connectivity index (χ0) is 8.85. The molecule has 0 rings (SSSR count). The Morgan fingerprint density at radius 1 is 1.64 bits per heavy atom. The van der Waals surface area contributed by atoms with Gasteiger partial charge in [0.1, 0.15) is 0 Å². The Balaban J connectivity index is 3.86. The molecule has 0 spiro atoms. The fourth-order valence-corrected chi connectivity index (χ4v) is 0.668. The number of hydrogen-bond acceptors (Lipinski definition) is 2. The van der Waals surface area contributed by atoms with Gasteiger partial charge >= 0.3 is 5.97 Å². The van der Waals surface area contributed by atoms with Crippen molar-refractivity contribution in [3.63, 3.8) is 0 Å². The van der Waals surface area contributed by atoms with E-state index in [-0.39, 0.29) is 12.1 Å². The molecule has 0 bridgehead atoms. The van der Waals surface area contributed by atoms with E-state index in [2.05, 4.69) is 15.9 Å². The summed E-state index contributed by atoms with van der Waals surface area (Å²) in [6.07, 6.45) is 1.45. The maximum atomic E-state index is 10.9. The lowest BCUT2D eigenvalue weighted by Gasteiger charge is -2.04. The summed E-state index contributed by atoms with van der Waals surface area (Å²) in [6.45, 7) is 5.53. The molecular weight excluding hydrogens is 208 g/mol. The number of carbonyl (C=O) groups excluding carboxylic acids is 1. The van der Waals surface area contributed by atoms with Crippen LogP contribution in [0.25, 0.3) is 0 Å². The smallest absolute Gasteiger partial charge is 0.330 e. The van der Waals surface area contributed by atoms with Gasteiger partial charge in [-0.1, -0.05) is 21.5 Å². The quantitative estimate of drug-likeness (QED) is 0.415. The van der Waals surface area contributed by atoms with E-state index < -0.39 is 0 Å². The van der Waals surface area contributed by atoms with Crippen LogP contribution in [-0.4, -0.2) is 17.4 Å². The average Bonchev–Trinajstić information content (AvgIpc) is 1.85. The number of rotatable bonds is 3. The normalized spacial score (nSPS) is 11.9. The Hall–Kier alpha value is -0.310. The molecule has 0 fully saturated rings. The highest BCUT2D eigenvalue weighted by Crippen LogP contribution is 1.99. The van der Waals surface area contributed by atoms with Gasteiger partial charge in [0.2, 0.25) is 0 Å². The Morgan fingerprint density at radius 3 is 2.55 bits per heavy atom. The van der Waals surface area contributed by atoms with E-state index in [1.54, 1.807) is 0 Å². The van der Waals surface area contributed by atoms with Crippen molar-refractivity contribution in [2.24, 2.45) is 0 Å². The maximum absolute atomic E-state index is 10.9. The molecule has 0 aromatic heterocycles. The van der Waals surface area contributed by atoms with Gasteiger partial charge in [-0.05, 0) is 20.8 Å². The van der Waals surface area contributed by atoms with Gasteiger partial charge in [-0.3, -0.25) is 0 Å². The summed E-state index contributed by atoms with van der Waals surface area (Å²) in [7, 11) is 0. The number of ether oxygens (including phenoxy) is 1. The van der Waals surface area contributed by atoms with E-state index >= 15 is 0 Å². The molecule has 0 N–H and O–H groups in total. The monoisotopic (exact) mass is 220 g/mol. The highest BCUT2D eigenvalue weighted by Gasteiger charge is 2.00. The van der Waals surface area contributed by atoms with Gasteiger partial charge in [-0.2, -0.15) is 0 Å². The lowest BCUT2D eigenvalue weighted by Crippen LogP contribution is -2.09. The van der Waals surface area contributed by atoms with E-state index in [1.165, 1.54) is 6.08 Å². The van der Waals surface area contributed by atoms with Crippen LogP contribution in [0.3, 0.4) is 0 Å². The number of esters is 1. The summed E-state index contributed by atoms with van der Waals surface area (Å²) in [5.41, 5.74) is 0.968. The minimum Gasteiger partial charge on any atom is -0.460 e. The third kappa shape index (κ3) is 6.10. The second-order valence-electron chi connectivity index (χ2n) is 2.61. The average molecular weight is 221 g/mol. The van der Waals surface area contributed by atoms with Gasteiger partial charge in [0, 0.05) is 11.4 Å². The molecule has 0 aliphatic carbocycles. The van der Waals surface area contributed by atoms with Crippen molar-refractivity contribution in [3.8, 4) is 0 Å². The van der Waals surface area contributed by atoms with E-state index in [0.717, 1.165) is 5.57 Å². The van der Waals surface area contributed by atoms with Crippen molar-refractivity contribution < 1.29 is 9.53 Å². The standard InChI is InChI=1S/C8H13BrO2/c1-6(2)11-8(10)4-7(3)5-9/h4,6H,5H2,1-3H3/b7-4+. The lowest BCUT2D eigenvalue weighted by molar-refractivity contribution is -0.141. The van der Waals surface area contributed by atoms with E-state index in [0.29, 0.717) is 5.33 Å². The molecule has 0 heterocycles. The van der Waals surface area contributed by atoms with Gasteiger partial charge < -0.3 is 4.74 Å². The van der Waals surface area contributed by atoms with Crippen molar-refractivity contribution in [2.45, 2.75) is 26.9 Å². The van der Waals surface area contributed by atoms with E-state index in [9.17, 15) is 4.79 Å². The van der Waals surface area contributed by atoms with Crippen molar-refractivity contribution in [3.05, 3.63) is 11.6 Å². The largest absolute Gasteiger partial charge is 0.460 e. The number of allylic oxidation sites excluding steroid dienone is 1. The second kappa shape index (κ2) is 5.35. The van der Waals surface area contributed by atoms with Gasteiger partial charge in [0.25, 0.3) is 0 Å². The third-order valence-corrected chi connectivity index (χ3v) is 1.81. The minimum absolute atomic E-state index is 0.0399. The molecule has 2 nitrogen and oxygen atoms in total. The summed E-state index contributed by atoms with van der Waals surface area (Å²) in [4.78, 5) is 10.9. The summed E-state index contributed by atoms with van der Waals surface area (Å²) in [5.74, 6) is -0.267. The van der Waals surface area contributed by atoms with Gasteiger partial charge in [-0.15, -0.1) is 0 Å². The molecule has 0 unspecified atom stereocenters. The first-order valence-electron chi connectivity index (χ1n) is 3.50. The maximum Gasteiger partial charge on any atom is 0.330 e. The van der Waals surface area contributed by atoms with Crippen LogP contribution >= 0.6 is 15.9 Å². The third-order valence-electron chi connectivity index (χ3n) is 0.927. The minimum atomic E-state index is -0.267. The molecule has 0 aliphatic rings. The van der Waals surface area contributed by atoms with Crippen LogP contribution in [0, 0.1) is 0 Å². The number of halogens is 1. The highest BCUT2D eigenvalue weighted by molar-refractivity contribution is 9.09. The van der Waals surface area contributed by atoms with Crippen molar-refractivity contribution in [2.75, 3.05) is 5.33 Å². The highest BCUT2D eigenvalue weighted by atomic mass is 79.9. The molecule has 0 aliphatic heterocycles. The Kier molecular flexibility index (Phi) is 5.20. The van der Waals surface area contributed by atoms with Gasteiger partial charge in [0.05, 0.1) is 6.10 Å². The molecule has 0 amide bonds. The predicted octanol–water partition coefficient (Wildman–Crippen LogP) is 2.28. The van der Waals surface area contributed by atoms with Crippen LogP contribution in [0.15, 0.2) is 11.6 Å². The summed E-state index contributed by atoms with van der Waals surface area (Å²) < 4.78 is 4.89. The first-order chi connectivity index (χ1) is 5.06.